The van der Waals surface area contributed by atoms with Crippen LogP contribution in [0.5, 0.6) is 0 Å². The van der Waals surface area contributed by atoms with Gasteiger partial charge in [0.25, 0.3) is 0 Å². The first-order valence-corrected chi connectivity index (χ1v) is 8.51. The highest BCUT2D eigenvalue weighted by atomic mass is 16.4. The van der Waals surface area contributed by atoms with Crippen molar-refractivity contribution >= 4 is 12.0 Å². The van der Waals surface area contributed by atoms with Crippen LogP contribution in [0, 0.1) is 0 Å². The van der Waals surface area contributed by atoms with Crippen LogP contribution in [0.4, 0.5) is 4.79 Å². The topological polar surface area (TPSA) is 89.9 Å². The summed E-state index contributed by atoms with van der Waals surface area (Å²) in [6, 6.07) is 9.05. The van der Waals surface area contributed by atoms with Crippen LogP contribution in [0.15, 0.2) is 30.3 Å². The van der Waals surface area contributed by atoms with Gasteiger partial charge < -0.3 is 20.4 Å². The highest BCUT2D eigenvalue weighted by Gasteiger charge is 2.40. The van der Waals surface area contributed by atoms with Crippen molar-refractivity contribution in [3.8, 4) is 0 Å². The summed E-state index contributed by atoms with van der Waals surface area (Å²) < 4.78 is 0. The number of nitrogens with one attached hydrogen (secondary N) is 1. The van der Waals surface area contributed by atoms with E-state index in [0.29, 0.717) is 6.42 Å². The van der Waals surface area contributed by atoms with E-state index >= 15 is 0 Å². The van der Waals surface area contributed by atoms with Gasteiger partial charge in [0.05, 0.1) is 24.7 Å². The third kappa shape index (κ3) is 4.47. The fraction of sp³-hybridized carbons (Fsp3) is 0.556. The molecule has 0 aromatic heterocycles. The lowest BCUT2D eigenvalue weighted by atomic mass is 10.00. The summed E-state index contributed by atoms with van der Waals surface area (Å²) in [4.78, 5) is 24.6. The lowest BCUT2D eigenvalue weighted by molar-refractivity contribution is -0.137. The largest absolute Gasteiger partial charge is 0.481 e. The number of aliphatic hydroxyl groups excluding tert-OH is 1. The van der Waals surface area contributed by atoms with Crippen LogP contribution in [-0.4, -0.2) is 45.8 Å². The average Bonchev–Trinajstić information content (AvgIpc) is 2.84. The zero-order valence-corrected chi connectivity index (χ0v) is 14.0. The lowest BCUT2D eigenvalue weighted by Crippen LogP contribution is -2.39. The van der Waals surface area contributed by atoms with Crippen molar-refractivity contribution in [3.05, 3.63) is 35.9 Å². The van der Waals surface area contributed by atoms with Crippen molar-refractivity contribution in [3.63, 3.8) is 0 Å². The number of benzene rings is 1. The van der Waals surface area contributed by atoms with Crippen LogP contribution in [0.2, 0.25) is 0 Å². The first-order chi connectivity index (χ1) is 11.5. The summed E-state index contributed by atoms with van der Waals surface area (Å²) in [5.74, 6) is -0.766. The van der Waals surface area contributed by atoms with Gasteiger partial charge in [-0.3, -0.25) is 4.79 Å². The van der Waals surface area contributed by atoms with Crippen LogP contribution >= 0.6 is 0 Å². The second-order valence-corrected chi connectivity index (χ2v) is 6.31. The number of unbranched alkanes of at least 4 members (excludes halogenated alkanes) is 2. The van der Waals surface area contributed by atoms with Crippen molar-refractivity contribution in [1.29, 1.82) is 0 Å². The highest BCUT2D eigenvalue weighted by Crippen LogP contribution is 2.29. The quantitative estimate of drug-likeness (QED) is 0.605. The van der Waals surface area contributed by atoms with Crippen molar-refractivity contribution in [2.75, 3.05) is 6.61 Å². The van der Waals surface area contributed by atoms with Crippen LogP contribution in [0.3, 0.4) is 0 Å². The van der Waals surface area contributed by atoms with Gasteiger partial charge in [-0.2, -0.15) is 0 Å². The monoisotopic (exact) mass is 334 g/mol. The Labute approximate surface area is 142 Å². The zero-order chi connectivity index (χ0) is 17.5. The fourth-order valence-electron chi connectivity index (χ4n) is 3.32. The molecule has 0 unspecified atom stereocenters. The molecule has 3 atom stereocenters. The van der Waals surface area contributed by atoms with E-state index in [1.165, 1.54) is 0 Å². The molecule has 0 saturated carbocycles. The predicted octanol–water partition coefficient (Wildman–Crippen LogP) is 2.54. The Balaban J connectivity index is 1.93. The minimum absolute atomic E-state index is 0.0191. The average molecular weight is 334 g/mol. The molecular weight excluding hydrogens is 308 g/mol. The normalized spacial score (nSPS) is 21.6. The Morgan fingerprint density at radius 3 is 2.58 bits per heavy atom. The van der Waals surface area contributed by atoms with E-state index in [-0.39, 0.29) is 37.2 Å². The molecule has 0 radical (unpaired) electrons. The summed E-state index contributed by atoms with van der Waals surface area (Å²) in [6.07, 6.45) is 3.39. The number of amides is 2. The van der Waals surface area contributed by atoms with Gasteiger partial charge in [0.1, 0.15) is 0 Å². The molecule has 1 heterocycles. The van der Waals surface area contributed by atoms with Gasteiger partial charge in [-0.25, -0.2) is 4.79 Å². The summed E-state index contributed by atoms with van der Waals surface area (Å²) in [5.41, 5.74) is 0.920. The maximum atomic E-state index is 12.4. The Bertz CT molecular complexity index is 549. The van der Waals surface area contributed by atoms with E-state index < -0.39 is 5.97 Å². The minimum atomic E-state index is -0.766. The molecule has 1 saturated heterocycles. The van der Waals surface area contributed by atoms with E-state index in [4.69, 9.17) is 5.11 Å². The molecule has 1 aromatic rings. The molecule has 1 aliphatic rings. The summed E-state index contributed by atoms with van der Waals surface area (Å²) >= 11 is 0. The van der Waals surface area contributed by atoms with Crippen LogP contribution < -0.4 is 5.32 Å². The number of carbonyl (C=O) groups is 2. The molecule has 0 spiro atoms. The van der Waals surface area contributed by atoms with Crippen molar-refractivity contribution < 1.29 is 19.8 Å². The summed E-state index contributed by atoms with van der Waals surface area (Å²) in [6.45, 7) is 1.87. The summed E-state index contributed by atoms with van der Waals surface area (Å²) in [7, 11) is 0. The standard InChI is InChI=1S/C18H26N2O4/c1-13-15(10-6-3-7-11-17(22)23)19-18(24)20(13)16(12-21)14-8-4-2-5-9-14/h2,4-5,8-9,13,15-16,21H,3,6-7,10-12H2,1H3,(H,19,24)(H,22,23)/t13-,15-,16+/m1/s1. The smallest absolute Gasteiger partial charge is 0.318 e. The Hall–Kier alpha value is -2.08. The number of rotatable bonds is 9. The number of aliphatic carboxylic acids is 1. The van der Waals surface area contributed by atoms with E-state index in [9.17, 15) is 14.7 Å². The molecule has 0 bridgehead atoms. The molecule has 3 N–H and O–H groups in total. The maximum absolute atomic E-state index is 12.4. The Morgan fingerprint density at radius 1 is 1.25 bits per heavy atom. The minimum Gasteiger partial charge on any atom is -0.481 e. The number of hydrogen-bond acceptors (Lipinski definition) is 3. The molecule has 2 rings (SSSR count). The SMILES string of the molecule is C[C@@H]1[C@@H](CCCCCC(=O)O)NC(=O)N1[C@@H](CO)c1ccccc1. The first kappa shape index (κ1) is 18.3. The molecule has 0 aliphatic carbocycles. The van der Waals surface area contributed by atoms with Crippen molar-refractivity contribution in [1.82, 2.24) is 10.2 Å². The third-order valence-electron chi connectivity index (χ3n) is 4.66. The van der Waals surface area contributed by atoms with Crippen molar-refractivity contribution in [2.24, 2.45) is 0 Å². The van der Waals surface area contributed by atoms with Gasteiger partial charge in [0, 0.05) is 6.42 Å². The van der Waals surface area contributed by atoms with Crippen LogP contribution in [0.25, 0.3) is 0 Å². The number of urea groups is 1. The number of carboxylic acid groups (broad SMARTS) is 1. The van der Waals surface area contributed by atoms with Gasteiger partial charge in [-0.15, -0.1) is 0 Å². The molecule has 132 valence electrons. The van der Waals surface area contributed by atoms with E-state index in [0.717, 1.165) is 24.8 Å². The Morgan fingerprint density at radius 2 is 1.96 bits per heavy atom. The fourth-order valence-corrected chi connectivity index (χ4v) is 3.32. The molecular formula is C18H26N2O4. The zero-order valence-electron chi connectivity index (χ0n) is 14.0. The highest BCUT2D eigenvalue weighted by molar-refractivity contribution is 5.78. The van der Waals surface area contributed by atoms with Crippen LogP contribution in [-0.2, 0) is 4.79 Å². The molecule has 1 aliphatic heterocycles. The van der Waals surface area contributed by atoms with Gasteiger partial charge in [-0.1, -0.05) is 43.2 Å². The number of hydrogen-bond donors (Lipinski definition) is 3. The maximum Gasteiger partial charge on any atom is 0.318 e. The Kier molecular flexibility index (Phi) is 6.61. The van der Waals surface area contributed by atoms with E-state index in [2.05, 4.69) is 5.32 Å². The molecule has 6 nitrogen and oxygen atoms in total. The predicted molar refractivity (Wildman–Crippen MR) is 90.6 cm³/mol. The van der Waals surface area contributed by atoms with Gasteiger partial charge in [0.2, 0.25) is 0 Å². The summed E-state index contributed by atoms with van der Waals surface area (Å²) in [5, 5.41) is 21.4. The first-order valence-electron chi connectivity index (χ1n) is 8.51. The van der Waals surface area contributed by atoms with Gasteiger partial charge in [-0.05, 0) is 25.3 Å². The van der Waals surface area contributed by atoms with Crippen LogP contribution in [0.1, 0.15) is 50.6 Å². The molecule has 1 fully saturated rings. The van der Waals surface area contributed by atoms with E-state index in [1.54, 1.807) is 4.90 Å². The molecule has 24 heavy (non-hydrogen) atoms. The number of aliphatic hydroxyl groups is 1. The lowest BCUT2D eigenvalue weighted by Gasteiger charge is -2.30. The van der Waals surface area contributed by atoms with Gasteiger partial charge in [0.15, 0.2) is 0 Å². The number of carbonyl (C=O) groups excluding carboxylic acids is 1. The second-order valence-electron chi connectivity index (χ2n) is 6.31. The molecule has 2 amide bonds. The van der Waals surface area contributed by atoms with E-state index in [1.807, 2.05) is 37.3 Å². The molecule has 1 aromatic carbocycles. The van der Waals surface area contributed by atoms with Gasteiger partial charge >= 0.3 is 12.0 Å². The number of carboxylic acids is 1. The second kappa shape index (κ2) is 8.68. The van der Waals surface area contributed by atoms with Crippen molar-refractivity contribution in [2.45, 2.75) is 57.2 Å². The number of nitrogens with zero attached hydrogens (tertiary/aromatic N) is 1. The third-order valence-corrected chi connectivity index (χ3v) is 4.66. The molecule has 6 heteroatoms.